The number of rotatable bonds is 5. The Bertz CT molecular complexity index is 1130. The van der Waals surface area contributed by atoms with Crippen molar-refractivity contribution in [3.63, 3.8) is 0 Å². The van der Waals surface area contributed by atoms with Crippen molar-refractivity contribution in [1.29, 1.82) is 0 Å². The SMILES string of the molecule is C[C@H](C(=O)O)c1ccc(CC2=CC(=O)c3c(cccc3S(N)(=O)=O)C2=O)cc1. The number of ketones is 2. The molecule has 8 heteroatoms. The van der Waals surface area contributed by atoms with Crippen LogP contribution in [-0.2, 0) is 21.2 Å². The predicted molar refractivity (Wildman–Crippen MR) is 101 cm³/mol. The Morgan fingerprint density at radius 3 is 2.32 bits per heavy atom. The molecule has 1 atom stereocenters. The van der Waals surface area contributed by atoms with Gasteiger partial charge < -0.3 is 5.11 Å². The maximum atomic E-state index is 12.8. The van der Waals surface area contributed by atoms with E-state index in [9.17, 15) is 22.8 Å². The monoisotopic (exact) mass is 399 g/mol. The van der Waals surface area contributed by atoms with Gasteiger partial charge in [0.15, 0.2) is 11.6 Å². The average Bonchev–Trinajstić information content (AvgIpc) is 2.64. The fraction of sp³-hybridized carbons (Fsp3) is 0.150. The van der Waals surface area contributed by atoms with Gasteiger partial charge in [0.25, 0.3) is 0 Å². The average molecular weight is 399 g/mol. The van der Waals surface area contributed by atoms with Crippen molar-refractivity contribution in [3.8, 4) is 0 Å². The van der Waals surface area contributed by atoms with Gasteiger partial charge in [0.05, 0.1) is 16.4 Å². The highest BCUT2D eigenvalue weighted by Gasteiger charge is 2.30. The van der Waals surface area contributed by atoms with Gasteiger partial charge in [0.1, 0.15) is 0 Å². The lowest BCUT2D eigenvalue weighted by atomic mass is 9.86. The van der Waals surface area contributed by atoms with Crippen molar-refractivity contribution >= 4 is 27.6 Å². The number of Topliss-reactive ketones (excluding diaryl/α,β-unsaturated/α-hetero) is 1. The van der Waals surface area contributed by atoms with Gasteiger partial charge in [-0.25, -0.2) is 13.6 Å². The Kier molecular flexibility index (Phi) is 5.01. The summed E-state index contributed by atoms with van der Waals surface area (Å²) >= 11 is 0. The van der Waals surface area contributed by atoms with E-state index in [-0.39, 0.29) is 28.0 Å². The number of hydrogen-bond donors (Lipinski definition) is 2. The molecule has 2 aromatic carbocycles. The maximum absolute atomic E-state index is 12.8. The topological polar surface area (TPSA) is 132 Å². The molecule has 1 aliphatic carbocycles. The molecule has 3 N–H and O–H groups in total. The van der Waals surface area contributed by atoms with Crippen molar-refractivity contribution in [1.82, 2.24) is 0 Å². The Morgan fingerprint density at radius 1 is 1.11 bits per heavy atom. The molecule has 0 amide bonds. The zero-order valence-electron chi connectivity index (χ0n) is 14.9. The highest BCUT2D eigenvalue weighted by Crippen LogP contribution is 2.28. The predicted octanol–water partition coefficient (Wildman–Crippen LogP) is 2.07. The molecule has 0 bridgehead atoms. The number of benzene rings is 2. The molecule has 0 fully saturated rings. The molecule has 28 heavy (non-hydrogen) atoms. The minimum absolute atomic E-state index is 0.00476. The maximum Gasteiger partial charge on any atom is 0.310 e. The van der Waals surface area contributed by atoms with Crippen LogP contribution in [0.4, 0.5) is 0 Å². The van der Waals surface area contributed by atoms with Crippen LogP contribution in [0.1, 0.15) is 44.7 Å². The summed E-state index contributed by atoms with van der Waals surface area (Å²) in [5.74, 6) is -2.63. The Balaban J connectivity index is 1.93. The van der Waals surface area contributed by atoms with Crippen LogP contribution in [0.2, 0.25) is 0 Å². The second kappa shape index (κ2) is 7.14. The minimum Gasteiger partial charge on any atom is -0.481 e. The van der Waals surface area contributed by atoms with Gasteiger partial charge in [0.2, 0.25) is 10.0 Å². The fourth-order valence-corrected chi connectivity index (χ4v) is 3.86. The largest absolute Gasteiger partial charge is 0.481 e. The zero-order valence-corrected chi connectivity index (χ0v) is 15.7. The normalized spacial score (nSPS) is 15.0. The zero-order chi connectivity index (χ0) is 20.6. The molecule has 2 aromatic rings. The lowest BCUT2D eigenvalue weighted by Gasteiger charge is -2.17. The number of carbonyl (C=O) groups is 3. The van der Waals surface area contributed by atoms with Crippen LogP contribution in [-0.4, -0.2) is 31.1 Å². The number of primary sulfonamides is 1. The van der Waals surface area contributed by atoms with Crippen LogP contribution in [0.15, 0.2) is 59.0 Å². The second-order valence-corrected chi connectivity index (χ2v) is 8.09. The van der Waals surface area contributed by atoms with Crippen LogP contribution in [0.5, 0.6) is 0 Å². The minimum atomic E-state index is -4.15. The van der Waals surface area contributed by atoms with Crippen LogP contribution >= 0.6 is 0 Å². The second-order valence-electron chi connectivity index (χ2n) is 6.56. The molecule has 144 valence electrons. The Hall–Kier alpha value is -3.10. The summed E-state index contributed by atoms with van der Waals surface area (Å²) in [6.07, 6.45) is 1.29. The molecule has 3 rings (SSSR count). The first-order chi connectivity index (χ1) is 13.1. The highest BCUT2D eigenvalue weighted by atomic mass is 32.2. The number of carbonyl (C=O) groups excluding carboxylic acids is 2. The molecule has 0 saturated carbocycles. The van der Waals surface area contributed by atoms with E-state index >= 15 is 0 Å². The smallest absolute Gasteiger partial charge is 0.310 e. The first-order valence-electron chi connectivity index (χ1n) is 8.36. The molecule has 0 radical (unpaired) electrons. The van der Waals surface area contributed by atoms with E-state index in [1.807, 2.05) is 0 Å². The number of fused-ring (bicyclic) bond motifs is 1. The molecule has 7 nitrogen and oxygen atoms in total. The Morgan fingerprint density at radius 2 is 1.75 bits per heavy atom. The molecule has 0 heterocycles. The van der Waals surface area contributed by atoms with Crippen molar-refractivity contribution in [2.75, 3.05) is 0 Å². The summed E-state index contributed by atoms with van der Waals surface area (Å²) in [7, 11) is -4.15. The van der Waals surface area contributed by atoms with E-state index in [1.54, 1.807) is 31.2 Å². The standard InChI is InChI=1S/C20H17NO6S/c1-11(20(24)25)13-7-5-12(6-8-13)9-14-10-16(22)18-15(19(14)23)3-2-4-17(18)28(21,26)27/h2-8,10-11H,9H2,1H3,(H,24,25)(H2,21,26,27)/t11-/m0/s1. The molecular weight excluding hydrogens is 382 g/mol. The lowest BCUT2D eigenvalue weighted by Crippen LogP contribution is -2.23. The third kappa shape index (κ3) is 3.64. The van der Waals surface area contributed by atoms with Gasteiger partial charge in [-0.15, -0.1) is 0 Å². The van der Waals surface area contributed by atoms with Crippen LogP contribution < -0.4 is 5.14 Å². The van der Waals surface area contributed by atoms with Gasteiger partial charge in [-0.3, -0.25) is 14.4 Å². The van der Waals surface area contributed by atoms with Crippen molar-refractivity contribution in [2.24, 2.45) is 5.14 Å². The number of hydrogen-bond acceptors (Lipinski definition) is 5. The van der Waals surface area contributed by atoms with E-state index in [0.717, 1.165) is 11.6 Å². The quantitative estimate of drug-likeness (QED) is 0.791. The summed E-state index contributed by atoms with van der Waals surface area (Å²) in [4.78, 5) is 36.0. The number of aliphatic carboxylic acids is 1. The lowest BCUT2D eigenvalue weighted by molar-refractivity contribution is -0.138. The third-order valence-electron chi connectivity index (χ3n) is 4.67. The summed E-state index contributed by atoms with van der Waals surface area (Å²) in [6.45, 7) is 1.57. The number of carboxylic acids is 1. The molecule has 0 saturated heterocycles. The first kappa shape index (κ1) is 19.7. The first-order valence-corrected chi connectivity index (χ1v) is 9.91. The van der Waals surface area contributed by atoms with Gasteiger partial charge in [-0.05, 0) is 30.2 Å². The van der Waals surface area contributed by atoms with Crippen molar-refractivity contribution in [2.45, 2.75) is 24.2 Å². The van der Waals surface area contributed by atoms with E-state index in [0.29, 0.717) is 5.56 Å². The van der Waals surface area contributed by atoms with Crippen molar-refractivity contribution in [3.05, 3.63) is 76.4 Å². The van der Waals surface area contributed by atoms with E-state index in [4.69, 9.17) is 10.2 Å². The number of allylic oxidation sites excluding steroid dienone is 2. The van der Waals surface area contributed by atoms with E-state index in [2.05, 4.69) is 0 Å². The molecule has 1 aliphatic rings. The van der Waals surface area contributed by atoms with E-state index in [1.165, 1.54) is 18.2 Å². The molecule has 0 aliphatic heterocycles. The Labute approximate surface area is 161 Å². The fourth-order valence-electron chi connectivity index (χ4n) is 3.10. The van der Waals surface area contributed by atoms with Gasteiger partial charge >= 0.3 is 5.97 Å². The van der Waals surface area contributed by atoms with E-state index < -0.39 is 33.5 Å². The number of nitrogens with two attached hydrogens (primary N) is 1. The molecular formula is C20H17NO6S. The number of sulfonamides is 1. The third-order valence-corrected chi connectivity index (χ3v) is 5.62. The summed E-state index contributed by atoms with van der Waals surface area (Å²) in [5.41, 5.74) is 1.37. The highest BCUT2D eigenvalue weighted by molar-refractivity contribution is 7.89. The van der Waals surface area contributed by atoms with Crippen LogP contribution in [0.3, 0.4) is 0 Å². The van der Waals surface area contributed by atoms with Gasteiger partial charge in [-0.2, -0.15) is 0 Å². The summed E-state index contributed by atoms with van der Waals surface area (Å²) in [5, 5.41) is 14.2. The number of carboxylic acid groups (broad SMARTS) is 1. The summed E-state index contributed by atoms with van der Waals surface area (Å²) < 4.78 is 23.4. The van der Waals surface area contributed by atoms with Crippen molar-refractivity contribution < 1.29 is 27.9 Å². The van der Waals surface area contributed by atoms with Gasteiger partial charge in [0, 0.05) is 17.6 Å². The molecule has 0 unspecified atom stereocenters. The molecule has 0 spiro atoms. The van der Waals surface area contributed by atoms with Crippen LogP contribution in [0, 0.1) is 0 Å². The molecule has 0 aromatic heterocycles. The van der Waals surface area contributed by atoms with Crippen LogP contribution in [0.25, 0.3) is 0 Å². The van der Waals surface area contributed by atoms with Gasteiger partial charge in [-0.1, -0.05) is 36.4 Å². The summed E-state index contributed by atoms with van der Waals surface area (Å²) in [6, 6.07) is 10.7.